The second kappa shape index (κ2) is 4.80. The molecule has 2 rings (SSSR count). The molecule has 1 atom stereocenters. The highest BCUT2D eigenvalue weighted by Gasteiger charge is 2.23. The molecular weight excluding hydrogens is 233 g/mol. The average Bonchev–Trinajstić information content (AvgIpc) is 2.77. The van der Waals surface area contributed by atoms with E-state index in [1.807, 2.05) is 0 Å². The van der Waals surface area contributed by atoms with Crippen LogP contribution in [-0.2, 0) is 9.53 Å². The Kier molecular flexibility index (Phi) is 3.41. The predicted octanol–water partition coefficient (Wildman–Crippen LogP) is 2.45. The van der Waals surface area contributed by atoms with Gasteiger partial charge in [0.2, 0.25) is 5.91 Å². The van der Waals surface area contributed by atoms with Crippen LogP contribution in [0.5, 0.6) is 0 Å². The van der Waals surface area contributed by atoms with Crippen LogP contribution in [0.4, 0.5) is 10.1 Å². The van der Waals surface area contributed by atoms with Crippen molar-refractivity contribution in [2.24, 2.45) is 5.92 Å². The summed E-state index contributed by atoms with van der Waals surface area (Å²) < 4.78 is 18.0. The fraction of sp³-hybridized carbons (Fsp3) is 0.364. The molecule has 1 saturated heterocycles. The molecule has 86 valence electrons. The summed E-state index contributed by atoms with van der Waals surface area (Å²) >= 11 is 5.61. The third kappa shape index (κ3) is 2.51. The van der Waals surface area contributed by atoms with Crippen molar-refractivity contribution in [3.8, 4) is 0 Å². The van der Waals surface area contributed by atoms with Crippen LogP contribution in [0.15, 0.2) is 18.2 Å². The monoisotopic (exact) mass is 243 g/mol. The second-order valence-corrected chi connectivity index (χ2v) is 4.09. The topological polar surface area (TPSA) is 38.3 Å². The van der Waals surface area contributed by atoms with Gasteiger partial charge in [-0.2, -0.15) is 0 Å². The number of rotatable bonds is 2. The Balaban J connectivity index is 2.02. The Morgan fingerprint density at radius 3 is 3.00 bits per heavy atom. The average molecular weight is 244 g/mol. The molecule has 1 amide bonds. The molecule has 0 bridgehead atoms. The molecule has 0 spiro atoms. The van der Waals surface area contributed by atoms with Gasteiger partial charge < -0.3 is 10.1 Å². The summed E-state index contributed by atoms with van der Waals surface area (Å²) in [4.78, 5) is 11.7. The molecule has 1 aromatic rings. The minimum Gasteiger partial charge on any atom is -0.381 e. The number of carbonyl (C=O) groups is 1. The van der Waals surface area contributed by atoms with Gasteiger partial charge in [0, 0.05) is 12.3 Å². The molecule has 1 unspecified atom stereocenters. The SMILES string of the molecule is O=C(Nc1ccc(F)c(Cl)c1)C1CCOC1. The fourth-order valence-corrected chi connectivity index (χ4v) is 1.74. The van der Waals surface area contributed by atoms with Gasteiger partial charge in [-0.05, 0) is 24.6 Å². The van der Waals surface area contributed by atoms with Crippen molar-refractivity contribution >= 4 is 23.2 Å². The van der Waals surface area contributed by atoms with Gasteiger partial charge in [-0.1, -0.05) is 11.6 Å². The van der Waals surface area contributed by atoms with E-state index in [0.717, 1.165) is 6.42 Å². The van der Waals surface area contributed by atoms with Gasteiger partial charge in [-0.15, -0.1) is 0 Å². The van der Waals surface area contributed by atoms with Crippen LogP contribution in [0.25, 0.3) is 0 Å². The predicted molar refractivity (Wildman–Crippen MR) is 59.0 cm³/mol. The van der Waals surface area contributed by atoms with Crippen molar-refractivity contribution in [2.75, 3.05) is 18.5 Å². The first-order valence-corrected chi connectivity index (χ1v) is 5.38. The molecule has 0 aromatic heterocycles. The number of ether oxygens (including phenoxy) is 1. The zero-order valence-corrected chi connectivity index (χ0v) is 9.26. The molecule has 1 aliphatic heterocycles. The Labute approximate surface area is 97.5 Å². The van der Waals surface area contributed by atoms with Gasteiger partial charge in [0.25, 0.3) is 0 Å². The van der Waals surface area contributed by atoms with Crippen molar-refractivity contribution in [1.29, 1.82) is 0 Å². The number of hydrogen-bond donors (Lipinski definition) is 1. The smallest absolute Gasteiger partial charge is 0.229 e. The number of amides is 1. The highest BCUT2D eigenvalue weighted by molar-refractivity contribution is 6.31. The van der Waals surface area contributed by atoms with Gasteiger partial charge in [0.05, 0.1) is 17.5 Å². The third-order valence-corrected chi connectivity index (χ3v) is 2.78. The Morgan fingerprint density at radius 2 is 2.38 bits per heavy atom. The zero-order chi connectivity index (χ0) is 11.5. The molecule has 16 heavy (non-hydrogen) atoms. The summed E-state index contributed by atoms with van der Waals surface area (Å²) in [7, 11) is 0. The van der Waals surface area contributed by atoms with E-state index in [1.54, 1.807) is 0 Å². The highest BCUT2D eigenvalue weighted by atomic mass is 35.5. The molecular formula is C11H11ClFNO2. The number of benzene rings is 1. The summed E-state index contributed by atoms with van der Waals surface area (Å²) in [6.45, 7) is 1.06. The van der Waals surface area contributed by atoms with Gasteiger partial charge in [-0.3, -0.25) is 4.79 Å². The lowest BCUT2D eigenvalue weighted by Crippen LogP contribution is -2.22. The molecule has 1 N–H and O–H groups in total. The number of hydrogen-bond acceptors (Lipinski definition) is 2. The van der Waals surface area contributed by atoms with Crippen molar-refractivity contribution in [2.45, 2.75) is 6.42 Å². The lowest BCUT2D eigenvalue weighted by atomic mass is 10.1. The summed E-state index contributed by atoms with van der Waals surface area (Å²) in [5, 5.41) is 2.68. The molecule has 1 heterocycles. The summed E-state index contributed by atoms with van der Waals surface area (Å²) in [5.41, 5.74) is 0.503. The molecule has 3 nitrogen and oxygen atoms in total. The van der Waals surface area contributed by atoms with Gasteiger partial charge in [0.1, 0.15) is 5.82 Å². The minimum atomic E-state index is -0.496. The lowest BCUT2D eigenvalue weighted by molar-refractivity contribution is -0.119. The quantitative estimate of drug-likeness (QED) is 0.867. The normalized spacial score (nSPS) is 19.8. The zero-order valence-electron chi connectivity index (χ0n) is 8.50. The second-order valence-electron chi connectivity index (χ2n) is 3.68. The van der Waals surface area contributed by atoms with E-state index in [2.05, 4.69) is 5.32 Å². The van der Waals surface area contributed by atoms with E-state index in [4.69, 9.17) is 16.3 Å². The van der Waals surface area contributed by atoms with Crippen LogP contribution in [0.3, 0.4) is 0 Å². The Hall–Kier alpha value is -1.13. The van der Waals surface area contributed by atoms with Gasteiger partial charge in [0.15, 0.2) is 0 Å². The highest BCUT2D eigenvalue weighted by Crippen LogP contribution is 2.21. The Bertz CT molecular complexity index is 405. The van der Waals surface area contributed by atoms with E-state index >= 15 is 0 Å². The number of nitrogens with one attached hydrogen (secondary N) is 1. The first-order valence-electron chi connectivity index (χ1n) is 5.00. The molecule has 0 saturated carbocycles. The van der Waals surface area contributed by atoms with Crippen LogP contribution in [0, 0.1) is 11.7 Å². The maximum absolute atomic E-state index is 12.9. The van der Waals surface area contributed by atoms with Crippen molar-refractivity contribution < 1.29 is 13.9 Å². The van der Waals surface area contributed by atoms with E-state index in [-0.39, 0.29) is 16.8 Å². The minimum absolute atomic E-state index is 0.000437. The van der Waals surface area contributed by atoms with Crippen molar-refractivity contribution in [1.82, 2.24) is 0 Å². The summed E-state index contributed by atoms with van der Waals surface area (Å²) in [5.74, 6) is -0.729. The summed E-state index contributed by atoms with van der Waals surface area (Å²) in [6.07, 6.45) is 0.723. The molecule has 1 aliphatic rings. The first-order chi connectivity index (χ1) is 7.66. The van der Waals surface area contributed by atoms with Crippen LogP contribution in [0.1, 0.15) is 6.42 Å². The van der Waals surface area contributed by atoms with Crippen molar-refractivity contribution in [3.05, 3.63) is 29.0 Å². The van der Waals surface area contributed by atoms with E-state index in [0.29, 0.717) is 18.9 Å². The summed E-state index contributed by atoms with van der Waals surface area (Å²) in [6, 6.07) is 4.10. The van der Waals surface area contributed by atoms with Crippen LogP contribution >= 0.6 is 11.6 Å². The first kappa shape index (κ1) is 11.4. The van der Waals surface area contributed by atoms with Crippen molar-refractivity contribution in [3.63, 3.8) is 0 Å². The maximum atomic E-state index is 12.9. The molecule has 5 heteroatoms. The van der Waals surface area contributed by atoms with Crippen LogP contribution < -0.4 is 5.32 Å². The van der Waals surface area contributed by atoms with Crippen LogP contribution in [0.2, 0.25) is 5.02 Å². The molecule has 1 aromatic carbocycles. The van der Waals surface area contributed by atoms with E-state index in [1.165, 1.54) is 18.2 Å². The molecule has 0 radical (unpaired) electrons. The standard InChI is InChI=1S/C11H11ClFNO2/c12-9-5-8(1-2-10(9)13)14-11(15)7-3-4-16-6-7/h1-2,5,7H,3-4,6H2,(H,14,15). The number of carbonyl (C=O) groups excluding carboxylic acids is 1. The number of anilines is 1. The fourth-order valence-electron chi connectivity index (χ4n) is 1.56. The number of halogens is 2. The largest absolute Gasteiger partial charge is 0.381 e. The molecule has 0 aliphatic carbocycles. The lowest BCUT2D eigenvalue weighted by Gasteiger charge is -2.09. The van der Waals surface area contributed by atoms with Gasteiger partial charge >= 0.3 is 0 Å². The van der Waals surface area contributed by atoms with E-state index < -0.39 is 5.82 Å². The molecule has 1 fully saturated rings. The van der Waals surface area contributed by atoms with Gasteiger partial charge in [-0.25, -0.2) is 4.39 Å². The Morgan fingerprint density at radius 1 is 1.56 bits per heavy atom. The van der Waals surface area contributed by atoms with Crippen LogP contribution in [-0.4, -0.2) is 19.1 Å². The van der Waals surface area contributed by atoms with E-state index in [9.17, 15) is 9.18 Å². The maximum Gasteiger partial charge on any atom is 0.229 e. The third-order valence-electron chi connectivity index (χ3n) is 2.49.